The van der Waals surface area contributed by atoms with Crippen LogP contribution in [-0.2, 0) is 24.2 Å². The molecule has 0 radical (unpaired) electrons. The molecule has 0 amide bonds. The lowest BCUT2D eigenvalue weighted by molar-refractivity contribution is 0.00399. The van der Waals surface area contributed by atoms with Gasteiger partial charge >= 0.3 is 0 Å². The minimum absolute atomic E-state index is 0.252. The molecule has 178 valence electrons. The molecule has 0 saturated carbocycles. The van der Waals surface area contributed by atoms with Crippen molar-refractivity contribution < 1.29 is 14.2 Å². The van der Waals surface area contributed by atoms with Crippen LogP contribution in [0, 0.1) is 0 Å². The highest BCUT2D eigenvalue weighted by atomic mass is 16.5. The Balaban J connectivity index is 1.56. The first kappa shape index (κ1) is 23.6. The fourth-order valence-electron chi connectivity index (χ4n) is 4.10. The predicted molar refractivity (Wildman–Crippen MR) is 134 cm³/mol. The van der Waals surface area contributed by atoms with Gasteiger partial charge < -0.3 is 19.1 Å². The molecule has 2 heterocycles. The number of benzene rings is 2. The fourth-order valence-corrected chi connectivity index (χ4v) is 4.10. The van der Waals surface area contributed by atoms with Gasteiger partial charge in [-0.2, -0.15) is 0 Å². The van der Waals surface area contributed by atoms with Crippen molar-refractivity contribution >= 4 is 0 Å². The van der Waals surface area contributed by atoms with E-state index < -0.39 is 0 Å². The second-order valence-electron chi connectivity index (χ2n) is 9.43. The van der Waals surface area contributed by atoms with Gasteiger partial charge in [-0.3, -0.25) is 9.97 Å². The molecule has 6 heteroatoms. The molecule has 0 atom stereocenters. The van der Waals surface area contributed by atoms with Gasteiger partial charge in [-0.15, -0.1) is 0 Å². The van der Waals surface area contributed by atoms with Gasteiger partial charge in [0.25, 0.3) is 0 Å². The topological polar surface area (TPSA) is 56.7 Å². The average molecular weight is 460 g/mol. The van der Waals surface area contributed by atoms with Crippen LogP contribution in [0.3, 0.4) is 0 Å². The lowest BCUT2D eigenvalue weighted by Gasteiger charge is -2.30. The van der Waals surface area contributed by atoms with E-state index in [1.165, 1.54) is 11.1 Å². The van der Waals surface area contributed by atoms with E-state index in [0.29, 0.717) is 6.61 Å². The lowest BCUT2D eigenvalue weighted by Crippen LogP contribution is -2.31. The van der Waals surface area contributed by atoms with E-state index in [2.05, 4.69) is 60.4 Å². The number of rotatable bonds is 7. The van der Waals surface area contributed by atoms with Gasteiger partial charge in [0.2, 0.25) is 0 Å². The van der Waals surface area contributed by atoms with Crippen molar-refractivity contribution in [1.82, 2.24) is 14.9 Å². The minimum atomic E-state index is -0.252. The molecule has 1 aliphatic heterocycles. The highest BCUT2D eigenvalue weighted by Gasteiger charge is 2.21. The van der Waals surface area contributed by atoms with Gasteiger partial charge in [0.1, 0.15) is 23.7 Å². The first-order valence-electron chi connectivity index (χ1n) is 11.6. The first-order valence-corrected chi connectivity index (χ1v) is 11.6. The van der Waals surface area contributed by atoms with Crippen LogP contribution >= 0.6 is 0 Å². The zero-order chi connectivity index (χ0) is 24.1. The number of ether oxygens (including phenoxy) is 3. The fraction of sp³-hybridized carbons (Fsp3) is 0.357. The Morgan fingerprint density at radius 3 is 2.53 bits per heavy atom. The van der Waals surface area contributed by atoms with Gasteiger partial charge in [0, 0.05) is 31.0 Å². The SMILES string of the molecule is C=C(OC(C)(C)C)N1CCc2ccc(-c3cc(OC)ccc3OCc3cnccn3)cc2CC1. The van der Waals surface area contributed by atoms with Gasteiger partial charge in [-0.1, -0.05) is 18.2 Å². The van der Waals surface area contributed by atoms with Gasteiger partial charge in [-0.05, 0) is 75.1 Å². The maximum Gasteiger partial charge on any atom is 0.182 e. The number of hydrogen-bond donors (Lipinski definition) is 0. The summed E-state index contributed by atoms with van der Waals surface area (Å²) in [7, 11) is 1.68. The molecular formula is C28H33N3O3. The second kappa shape index (κ2) is 10.2. The zero-order valence-electron chi connectivity index (χ0n) is 20.5. The van der Waals surface area contributed by atoms with Gasteiger partial charge in [0.15, 0.2) is 5.88 Å². The highest BCUT2D eigenvalue weighted by molar-refractivity contribution is 5.73. The van der Waals surface area contributed by atoms with Crippen LogP contribution < -0.4 is 9.47 Å². The van der Waals surface area contributed by atoms with E-state index in [1.54, 1.807) is 25.7 Å². The van der Waals surface area contributed by atoms with E-state index in [0.717, 1.165) is 60.1 Å². The third-order valence-electron chi connectivity index (χ3n) is 5.78. The van der Waals surface area contributed by atoms with Crippen molar-refractivity contribution in [2.24, 2.45) is 0 Å². The van der Waals surface area contributed by atoms with Crippen LogP contribution in [-0.4, -0.2) is 40.7 Å². The van der Waals surface area contributed by atoms with Crippen molar-refractivity contribution in [3.8, 4) is 22.6 Å². The van der Waals surface area contributed by atoms with Crippen LogP contribution in [0.4, 0.5) is 0 Å². The summed E-state index contributed by atoms with van der Waals surface area (Å²) in [5.74, 6) is 2.32. The Kier molecular flexibility index (Phi) is 7.06. The smallest absolute Gasteiger partial charge is 0.182 e. The van der Waals surface area contributed by atoms with E-state index in [4.69, 9.17) is 14.2 Å². The van der Waals surface area contributed by atoms with Crippen LogP contribution in [0.25, 0.3) is 11.1 Å². The summed E-state index contributed by atoms with van der Waals surface area (Å²) in [5.41, 5.74) is 5.32. The number of aromatic nitrogens is 2. The first-order chi connectivity index (χ1) is 16.3. The van der Waals surface area contributed by atoms with Crippen molar-refractivity contribution in [1.29, 1.82) is 0 Å². The Morgan fingerprint density at radius 1 is 1.03 bits per heavy atom. The highest BCUT2D eigenvalue weighted by Crippen LogP contribution is 2.35. The average Bonchev–Trinajstić information content (AvgIpc) is 3.04. The third-order valence-corrected chi connectivity index (χ3v) is 5.78. The van der Waals surface area contributed by atoms with Crippen molar-refractivity contribution in [2.75, 3.05) is 20.2 Å². The molecular weight excluding hydrogens is 426 g/mol. The van der Waals surface area contributed by atoms with Crippen LogP contribution in [0.5, 0.6) is 11.5 Å². The summed E-state index contributed by atoms with van der Waals surface area (Å²) in [4.78, 5) is 10.7. The molecule has 1 aromatic heterocycles. The van der Waals surface area contributed by atoms with E-state index in [-0.39, 0.29) is 5.60 Å². The zero-order valence-corrected chi connectivity index (χ0v) is 20.5. The molecule has 3 aromatic rings. The van der Waals surface area contributed by atoms with Gasteiger partial charge in [0.05, 0.1) is 19.0 Å². The predicted octanol–water partition coefficient (Wildman–Crippen LogP) is 5.42. The van der Waals surface area contributed by atoms with Crippen LogP contribution in [0.1, 0.15) is 37.6 Å². The molecule has 0 fully saturated rings. The van der Waals surface area contributed by atoms with Crippen molar-refractivity contribution in [2.45, 2.75) is 45.8 Å². The molecule has 0 aliphatic carbocycles. The van der Waals surface area contributed by atoms with Gasteiger partial charge in [-0.25, -0.2) is 0 Å². The van der Waals surface area contributed by atoms with Crippen LogP contribution in [0.15, 0.2) is 67.5 Å². The van der Waals surface area contributed by atoms with Crippen molar-refractivity contribution in [3.05, 3.63) is 84.3 Å². The number of nitrogens with zero attached hydrogens (tertiary/aromatic N) is 3. The minimum Gasteiger partial charge on any atom is -0.497 e. The summed E-state index contributed by atoms with van der Waals surface area (Å²) in [6.45, 7) is 12.4. The maximum atomic E-state index is 6.15. The Labute approximate surface area is 202 Å². The summed E-state index contributed by atoms with van der Waals surface area (Å²) >= 11 is 0. The molecule has 2 aromatic carbocycles. The molecule has 6 nitrogen and oxygen atoms in total. The standard InChI is InChI=1S/C28H33N3O3/c1-20(34-28(2,3)4)31-14-10-21-6-7-23(16-22(21)11-15-31)26-17-25(32-5)8-9-27(26)33-19-24-18-29-12-13-30-24/h6-9,12-13,16-18H,1,10-11,14-15,19H2,2-5H3. The number of hydrogen-bond acceptors (Lipinski definition) is 6. The quantitative estimate of drug-likeness (QED) is 0.440. The van der Waals surface area contributed by atoms with Crippen LogP contribution in [0.2, 0.25) is 0 Å². The Morgan fingerprint density at radius 2 is 1.82 bits per heavy atom. The third kappa shape index (κ3) is 5.87. The second-order valence-corrected chi connectivity index (χ2v) is 9.43. The van der Waals surface area contributed by atoms with E-state index in [9.17, 15) is 0 Å². The Bertz CT molecular complexity index is 1140. The molecule has 0 N–H and O–H groups in total. The van der Waals surface area contributed by atoms with E-state index >= 15 is 0 Å². The van der Waals surface area contributed by atoms with E-state index in [1.807, 2.05) is 18.2 Å². The lowest BCUT2D eigenvalue weighted by atomic mass is 9.96. The molecule has 0 unspecified atom stereocenters. The summed E-state index contributed by atoms with van der Waals surface area (Å²) in [6.07, 6.45) is 6.93. The molecule has 0 saturated heterocycles. The number of methoxy groups -OCH3 is 1. The monoisotopic (exact) mass is 459 g/mol. The molecule has 1 aliphatic rings. The normalized spacial score (nSPS) is 13.6. The molecule has 0 spiro atoms. The molecule has 34 heavy (non-hydrogen) atoms. The largest absolute Gasteiger partial charge is 0.497 e. The summed E-state index contributed by atoms with van der Waals surface area (Å²) in [6, 6.07) is 12.6. The maximum absolute atomic E-state index is 6.15. The number of fused-ring (bicyclic) bond motifs is 1. The Hall–Kier alpha value is -3.54. The summed E-state index contributed by atoms with van der Waals surface area (Å²) < 4.78 is 17.7. The molecule has 4 rings (SSSR count). The summed E-state index contributed by atoms with van der Waals surface area (Å²) in [5, 5.41) is 0. The van der Waals surface area contributed by atoms with Crippen molar-refractivity contribution in [3.63, 3.8) is 0 Å². The molecule has 0 bridgehead atoms.